The number of hydrogen-bond donors (Lipinski definition) is 2. The Morgan fingerprint density at radius 1 is 0.896 bits per heavy atom. The number of carbonyl (C=O) groups excluding carboxylic acids is 2. The van der Waals surface area contributed by atoms with E-state index in [1.54, 1.807) is 38.4 Å². The van der Waals surface area contributed by atoms with Gasteiger partial charge in [-0.1, -0.05) is 6.92 Å². The number of pyridine rings is 1. The Kier molecular flexibility index (Phi) is 9.74. The van der Waals surface area contributed by atoms with Crippen LogP contribution in [0.4, 0.5) is 20.2 Å². The number of carbonyl (C=O) groups is 2. The molecule has 12 heteroatoms. The van der Waals surface area contributed by atoms with Crippen LogP contribution < -0.4 is 24.8 Å². The van der Waals surface area contributed by atoms with Gasteiger partial charge in [-0.25, -0.2) is 8.78 Å². The first-order valence-electron chi connectivity index (χ1n) is 16.0. The van der Waals surface area contributed by atoms with Crippen molar-refractivity contribution in [2.24, 2.45) is 11.3 Å². The highest BCUT2D eigenvalue weighted by Gasteiger charge is 2.63. The lowest BCUT2D eigenvalue weighted by molar-refractivity contribution is -0.131. The monoisotopic (exact) mass is 659 g/mol. The minimum atomic E-state index is -1.32. The van der Waals surface area contributed by atoms with Gasteiger partial charge >= 0.3 is 0 Å². The summed E-state index contributed by atoms with van der Waals surface area (Å²) in [4.78, 5) is 35.6. The SMILES string of the molecule is COc1cc2c(Oc3ccc(NC(=O)[C@]4(C(=O)Nc5ccc(F)cc5)C[C@@H]4C)cc3F)ccnc2cc1OCCCN1CCN(C)CC1. The zero-order chi connectivity index (χ0) is 33.8. The van der Waals surface area contributed by atoms with Crippen LogP contribution in [0.15, 0.2) is 66.9 Å². The topological polar surface area (TPSA) is 105 Å². The molecule has 6 rings (SSSR count). The van der Waals surface area contributed by atoms with E-state index in [1.165, 1.54) is 36.4 Å². The number of halogens is 2. The molecule has 2 N–H and O–H groups in total. The molecule has 1 aliphatic carbocycles. The number of benzene rings is 3. The Bertz CT molecular complexity index is 1800. The van der Waals surface area contributed by atoms with Crippen molar-refractivity contribution in [3.05, 3.63) is 78.5 Å². The maximum atomic E-state index is 15.3. The van der Waals surface area contributed by atoms with Crippen LogP contribution in [0.25, 0.3) is 10.9 Å². The molecule has 48 heavy (non-hydrogen) atoms. The van der Waals surface area contributed by atoms with Gasteiger partial charge in [-0.3, -0.25) is 14.6 Å². The maximum absolute atomic E-state index is 15.3. The number of piperazine rings is 1. The van der Waals surface area contributed by atoms with Crippen molar-refractivity contribution in [2.75, 3.05) is 64.1 Å². The molecule has 4 aromatic rings. The molecule has 1 saturated carbocycles. The molecule has 1 aliphatic heterocycles. The zero-order valence-electron chi connectivity index (χ0n) is 27.2. The van der Waals surface area contributed by atoms with E-state index in [1.807, 2.05) is 0 Å². The van der Waals surface area contributed by atoms with Crippen molar-refractivity contribution in [3.63, 3.8) is 0 Å². The quantitative estimate of drug-likeness (QED) is 0.142. The van der Waals surface area contributed by atoms with E-state index in [9.17, 15) is 14.0 Å². The highest BCUT2D eigenvalue weighted by atomic mass is 19.1. The van der Waals surface area contributed by atoms with E-state index in [2.05, 4.69) is 32.5 Å². The van der Waals surface area contributed by atoms with Crippen molar-refractivity contribution in [2.45, 2.75) is 19.8 Å². The first-order valence-corrected chi connectivity index (χ1v) is 16.0. The summed E-state index contributed by atoms with van der Waals surface area (Å²) in [7, 11) is 3.70. The highest BCUT2D eigenvalue weighted by molar-refractivity contribution is 6.17. The predicted octanol–water partition coefficient (Wildman–Crippen LogP) is 5.93. The lowest BCUT2D eigenvalue weighted by atomic mass is 10.0. The minimum absolute atomic E-state index is 0.0627. The number of methoxy groups -OCH3 is 1. The number of fused-ring (bicyclic) bond motifs is 1. The third-order valence-electron chi connectivity index (χ3n) is 9.09. The smallest absolute Gasteiger partial charge is 0.240 e. The van der Waals surface area contributed by atoms with Gasteiger partial charge in [0, 0.05) is 67.8 Å². The summed E-state index contributed by atoms with van der Waals surface area (Å²) in [6.07, 6.45) is 2.78. The summed E-state index contributed by atoms with van der Waals surface area (Å²) < 4.78 is 46.3. The number of amides is 2. The Balaban J connectivity index is 1.10. The van der Waals surface area contributed by atoms with Crippen LogP contribution in [0.2, 0.25) is 0 Å². The Labute approximate surface area is 278 Å². The molecule has 1 saturated heterocycles. The number of nitrogens with one attached hydrogen (secondary N) is 2. The lowest BCUT2D eigenvalue weighted by Crippen LogP contribution is -2.44. The molecule has 0 bridgehead atoms. The maximum Gasteiger partial charge on any atom is 0.240 e. The summed E-state index contributed by atoms with van der Waals surface area (Å²) in [5, 5.41) is 5.96. The van der Waals surface area contributed by atoms with Gasteiger partial charge in [0.2, 0.25) is 11.8 Å². The fourth-order valence-electron chi connectivity index (χ4n) is 5.99. The molecule has 2 atom stereocenters. The normalized spacial score (nSPS) is 19.5. The number of rotatable bonds is 12. The van der Waals surface area contributed by atoms with Gasteiger partial charge in [-0.05, 0) is 74.3 Å². The number of anilines is 2. The number of hydrogen-bond acceptors (Lipinski definition) is 8. The number of ether oxygens (including phenoxy) is 3. The van der Waals surface area contributed by atoms with Crippen molar-refractivity contribution < 1.29 is 32.6 Å². The molecular formula is C36H39F2N5O5. The van der Waals surface area contributed by atoms with Crippen LogP contribution >= 0.6 is 0 Å². The van der Waals surface area contributed by atoms with E-state index >= 15 is 4.39 Å². The molecule has 252 valence electrons. The first-order chi connectivity index (χ1) is 23.2. The third-order valence-corrected chi connectivity index (χ3v) is 9.09. The third kappa shape index (κ3) is 7.19. The fourth-order valence-corrected chi connectivity index (χ4v) is 5.99. The summed E-state index contributed by atoms with van der Waals surface area (Å²) in [6.45, 7) is 7.53. The first kappa shape index (κ1) is 33.1. The zero-order valence-corrected chi connectivity index (χ0v) is 27.2. The molecule has 2 heterocycles. The molecule has 2 fully saturated rings. The number of likely N-dealkylation sites (N-methyl/N-ethyl adjacent to an activating group) is 1. The fraction of sp³-hybridized carbons (Fsp3) is 0.361. The Hall–Kier alpha value is -4.81. The molecule has 0 radical (unpaired) electrons. The molecule has 2 aliphatic rings. The second-order valence-electron chi connectivity index (χ2n) is 12.4. The Morgan fingerprint density at radius 2 is 1.58 bits per heavy atom. The summed E-state index contributed by atoms with van der Waals surface area (Å²) in [5.74, 6) is -1.06. The summed E-state index contributed by atoms with van der Waals surface area (Å²) in [5.41, 5.74) is -0.174. The van der Waals surface area contributed by atoms with Crippen molar-refractivity contribution in [3.8, 4) is 23.0 Å². The molecule has 3 aromatic carbocycles. The van der Waals surface area contributed by atoms with Crippen LogP contribution in [-0.2, 0) is 9.59 Å². The van der Waals surface area contributed by atoms with Gasteiger partial charge in [0.1, 0.15) is 17.0 Å². The van der Waals surface area contributed by atoms with Gasteiger partial charge in [0.25, 0.3) is 0 Å². The standard InChI is InChI=1S/C36H39F2N5O5/c1-23-22-36(23,34(44)40-25-7-5-24(37)6-8-25)35(45)41-26-9-10-31(28(38)19-26)48-30-11-12-39-29-21-33(32(46-3)20-27(29)30)47-18-4-13-43-16-14-42(2)15-17-43/h5-12,19-21,23H,4,13-18,22H2,1-3H3,(H,40,44)(H,41,45)/t23-,36+/m0/s1. The predicted molar refractivity (Wildman–Crippen MR) is 179 cm³/mol. The van der Waals surface area contributed by atoms with Crippen LogP contribution in [0, 0.1) is 23.0 Å². The number of aromatic nitrogens is 1. The lowest BCUT2D eigenvalue weighted by Gasteiger charge is -2.32. The van der Waals surface area contributed by atoms with Crippen molar-refractivity contribution in [1.82, 2.24) is 14.8 Å². The van der Waals surface area contributed by atoms with Crippen LogP contribution in [0.5, 0.6) is 23.0 Å². The Morgan fingerprint density at radius 3 is 2.25 bits per heavy atom. The molecule has 10 nitrogen and oxygen atoms in total. The van der Waals surface area contributed by atoms with Gasteiger partial charge in [0.15, 0.2) is 23.1 Å². The van der Waals surface area contributed by atoms with Gasteiger partial charge in [-0.15, -0.1) is 0 Å². The minimum Gasteiger partial charge on any atom is -0.493 e. The summed E-state index contributed by atoms with van der Waals surface area (Å²) >= 11 is 0. The molecule has 2 amide bonds. The van der Waals surface area contributed by atoms with Crippen LogP contribution in [-0.4, -0.2) is 80.1 Å². The van der Waals surface area contributed by atoms with Crippen molar-refractivity contribution in [1.29, 1.82) is 0 Å². The van der Waals surface area contributed by atoms with E-state index in [4.69, 9.17) is 14.2 Å². The highest BCUT2D eigenvalue weighted by Crippen LogP contribution is 2.53. The van der Waals surface area contributed by atoms with Crippen LogP contribution in [0.1, 0.15) is 19.8 Å². The molecule has 0 unspecified atom stereocenters. The summed E-state index contributed by atoms with van der Waals surface area (Å²) in [6, 6.07) is 14.5. The van der Waals surface area contributed by atoms with Crippen molar-refractivity contribution >= 4 is 34.1 Å². The number of nitrogens with zero attached hydrogens (tertiary/aromatic N) is 3. The largest absolute Gasteiger partial charge is 0.493 e. The van der Waals surface area contributed by atoms with Gasteiger partial charge < -0.3 is 34.6 Å². The molecular weight excluding hydrogens is 620 g/mol. The van der Waals surface area contributed by atoms with E-state index in [0.29, 0.717) is 46.9 Å². The molecule has 1 aromatic heterocycles. The van der Waals surface area contributed by atoms with E-state index in [-0.39, 0.29) is 17.4 Å². The van der Waals surface area contributed by atoms with E-state index < -0.39 is 28.9 Å². The van der Waals surface area contributed by atoms with Crippen LogP contribution in [0.3, 0.4) is 0 Å². The average molecular weight is 660 g/mol. The van der Waals surface area contributed by atoms with Gasteiger partial charge in [-0.2, -0.15) is 0 Å². The van der Waals surface area contributed by atoms with Gasteiger partial charge in [0.05, 0.1) is 19.2 Å². The molecule has 0 spiro atoms. The second kappa shape index (κ2) is 14.1. The van der Waals surface area contributed by atoms with E-state index in [0.717, 1.165) is 45.2 Å². The second-order valence-corrected chi connectivity index (χ2v) is 12.4. The average Bonchev–Trinajstić information content (AvgIpc) is 3.78.